The van der Waals surface area contributed by atoms with Gasteiger partial charge < -0.3 is 16.8 Å². The number of amides is 2. The molecule has 2 atom stereocenters. The second-order valence-corrected chi connectivity index (χ2v) is 4.59. The van der Waals surface area contributed by atoms with Crippen LogP contribution in [-0.2, 0) is 9.59 Å². The quantitative estimate of drug-likeness (QED) is 0.632. The zero-order valence-corrected chi connectivity index (χ0v) is 11.1. The number of nitrogens with one attached hydrogen (secondary N) is 1. The summed E-state index contributed by atoms with van der Waals surface area (Å²) in [7, 11) is 0. The van der Waals surface area contributed by atoms with Crippen molar-refractivity contribution in [3.05, 3.63) is 35.9 Å². The Balaban J connectivity index is 2.42. The highest BCUT2D eigenvalue weighted by molar-refractivity contribution is 5.79. The number of primary amides is 1. The zero-order chi connectivity index (χ0) is 14.3. The van der Waals surface area contributed by atoms with E-state index in [9.17, 15) is 9.59 Å². The van der Waals surface area contributed by atoms with E-state index in [1.54, 1.807) is 6.92 Å². The van der Waals surface area contributed by atoms with Gasteiger partial charge in [-0.05, 0) is 12.0 Å². The van der Waals surface area contributed by atoms with E-state index in [2.05, 4.69) is 5.32 Å². The Hall–Kier alpha value is -1.88. The maximum atomic E-state index is 11.9. The first-order chi connectivity index (χ1) is 9.02. The third kappa shape index (κ3) is 5.09. The van der Waals surface area contributed by atoms with Crippen LogP contribution in [0.4, 0.5) is 0 Å². The topological polar surface area (TPSA) is 98.2 Å². The van der Waals surface area contributed by atoms with Crippen molar-refractivity contribution >= 4 is 11.8 Å². The Morgan fingerprint density at radius 2 is 1.89 bits per heavy atom. The standard InChI is InChI=1S/C14H21N3O2/c1-10(13(16)11-6-3-2-4-7-11)14(19)17-9-5-8-12(15)18/h2-4,6-7,10,13H,5,8-9,16H2,1H3,(H2,15,18)(H,17,19). The number of rotatable bonds is 7. The van der Waals surface area contributed by atoms with Gasteiger partial charge in [0, 0.05) is 19.0 Å². The summed E-state index contributed by atoms with van der Waals surface area (Å²) in [4.78, 5) is 22.5. The van der Waals surface area contributed by atoms with E-state index >= 15 is 0 Å². The first kappa shape index (κ1) is 15.2. The molecule has 1 aromatic carbocycles. The summed E-state index contributed by atoms with van der Waals surface area (Å²) in [6, 6.07) is 9.17. The van der Waals surface area contributed by atoms with Crippen LogP contribution < -0.4 is 16.8 Å². The van der Waals surface area contributed by atoms with Crippen molar-refractivity contribution in [2.24, 2.45) is 17.4 Å². The van der Waals surface area contributed by atoms with Crippen molar-refractivity contribution in [1.29, 1.82) is 0 Å². The SMILES string of the molecule is CC(C(=O)NCCCC(N)=O)C(N)c1ccccc1. The molecule has 0 aliphatic heterocycles. The van der Waals surface area contributed by atoms with Gasteiger partial charge >= 0.3 is 0 Å². The fourth-order valence-corrected chi connectivity index (χ4v) is 1.76. The van der Waals surface area contributed by atoms with Gasteiger partial charge in [-0.1, -0.05) is 37.3 Å². The number of hydrogen-bond acceptors (Lipinski definition) is 3. The van der Waals surface area contributed by atoms with Crippen molar-refractivity contribution in [2.75, 3.05) is 6.54 Å². The lowest BCUT2D eigenvalue weighted by Gasteiger charge is -2.19. The minimum atomic E-state index is -0.358. The average molecular weight is 263 g/mol. The molecule has 1 aromatic rings. The summed E-state index contributed by atoms with van der Waals surface area (Å²) in [5.41, 5.74) is 12.0. The fraction of sp³-hybridized carbons (Fsp3) is 0.429. The van der Waals surface area contributed by atoms with E-state index in [0.717, 1.165) is 5.56 Å². The maximum Gasteiger partial charge on any atom is 0.224 e. The molecule has 0 aliphatic rings. The Kier molecular flexibility index (Phi) is 6.02. The highest BCUT2D eigenvalue weighted by atomic mass is 16.2. The van der Waals surface area contributed by atoms with Crippen LogP contribution in [0.3, 0.4) is 0 Å². The molecule has 5 heteroatoms. The van der Waals surface area contributed by atoms with Crippen molar-refractivity contribution in [3.63, 3.8) is 0 Å². The Morgan fingerprint density at radius 3 is 2.47 bits per heavy atom. The Morgan fingerprint density at radius 1 is 1.26 bits per heavy atom. The molecule has 19 heavy (non-hydrogen) atoms. The first-order valence-electron chi connectivity index (χ1n) is 6.39. The number of carbonyl (C=O) groups excluding carboxylic acids is 2. The van der Waals surface area contributed by atoms with Crippen LogP contribution in [0.5, 0.6) is 0 Å². The van der Waals surface area contributed by atoms with Gasteiger partial charge in [0.25, 0.3) is 0 Å². The van der Waals surface area contributed by atoms with E-state index in [1.165, 1.54) is 0 Å². The molecule has 0 bridgehead atoms. The summed E-state index contributed by atoms with van der Waals surface area (Å²) in [6.45, 7) is 2.23. The molecule has 1 rings (SSSR count). The van der Waals surface area contributed by atoms with Gasteiger partial charge in [-0.3, -0.25) is 9.59 Å². The molecule has 5 nitrogen and oxygen atoms in total. The first-order valence-corrected chi connectivity index (χ1v) is 6.39. The van der Waals surface area contributed by atoms with Crippen molar-refractivity contribution in [2.45, 2.75) is 25.8 Å². The molecule has 0 aliphatic carbocycles. The van der Waals surface area contributed by atoms with Crippen LogP contribution in [0.1, 0.15) is 31.4 Å². The smallest absolute Gasteiger partial charge is 0.224 e. The Labute approximate surface area is 113 Å². The molecule has 104 valence electrons. The maximum absolute atomic E-state index is 11.9. The summed E-state index contributed by atoms with van der Waals surface area (Å²) in [5.74, 6) is -0.792. The van der Waals surface area contributed by atoms with E-state index in [-0.39, 0.29) is 30.2 Å². The van der Waals surface area contributed by atoms with Crippen molar-refractivity contribution in [1.82, 2.24) is 5.32 Å². The molecular weight excluding hydrogens is 242 g/mol. The summed E-state index contributed by atoms with van der Waals surface area (Å²) in [5, 5.41) is 2.76. The van der Waals surface area contributed by atoms with E-state index < -0.39 is 0 Å². The van der Waals surface area contributed by atoms with Crippen LogP contribution in [0.15, 0.2) is 30.3 Å². The molecule has 2 unspecified atom stereocenters. The predicted octanol–water partition coefficient (Wildman–Crippen LogP) is 0.704. The molecule has 2 amide bonds. The summed E-state index contributed by atoms with van der Waals surface area (Å²) >= 11 is 0. The molecule has 0 spiro atoms. The number of benzene rings is 1. The molecule has 0 aromatic heterocycles. The van der Waals surface area contributed by atoms with Crippen LogP contribution in [0, 0.1) is 5.92 Å². The normalized spacial score (nSPS) is 13.6. The highest BCUT2D eigenvalue weighted by Gasteiger charge is 2.21. The van der Waals surface area contributed by atoms with E-state index in [4.69, 9.17) is 11.5 Å². The lowest BCUT2D eigenvalue weighted by Crippen LogP contribution is -2.36. The van der Waals surface area contributed by atoms with Crippen LogP contribution in [-0.4, -0.2) is 18.4 Å². The number of nitrogens with two attached hydrogens (primary N) is 2. The molecule has 0 heterocycles. The lowest BCUT2D eigenvalue weighted by atomic mass is 9.94. The van der Waals surface area contributed by atoms with E-state index in [1.807, 2.05) is 30.3 Å². The van der Waals surface area contributed by atoms with Crippen LogP contribution in [0.2, 0.25) is 0 Å². The molecule has 5 N–H and O–H groups in total. The third-order valence-corrected chi connectivity index (χ3v) is 3.04. The largest absolute Gasteiger partial charge is 0.370 e. The molecule has 0 fully saturated rings. The zero-order valence-electron chi connectivity index (χ0n) is 11.1. The second-order valence-electron chi connectivity index (χ2n) is 4.59. The minimum absolute atomic E-state index is 0.110. The molecule has 0 radical (unpaired) electrons. The molecule has 0 saturated carbocycles. The van der Waals surface area contributed by atoms with Gasteiger partial charge in [-0.15, -0.1) is 0 Å². The molecule has 0 saturated heterocycles. The summed E-state index contributed by atoms with van der Waals surface area (Å²) < 4.78 is 0. The van der Waals surface area contributed by atoms with Gasteiger partial charge in [0.2, 0.25) is 11.8 Å². The Bertz CT molecular complexity index is 420. The van der Waals surface area contributed by atoms with Crippen LogP contribution >= 0.6 is 0 Å². The van der Waals surface area contributed by atoms with Gasteiger partial charge in [0.05, 0.1) is 5.92 Å². The van der Waals surface area contributed by atoms with Crippen molar-refractivity contribution < 1.29 is 9.59 Å². The van der Waals surface area contributed by atoms with Crippen LogP contribution in [0.25, 0.3) is 0 Å². The predicted molar refractivity (Wildman–Crippen MR) is 74.0 cm³/mol. The van der Waals surface area contributed by atoms with Gasteiger partial charge in [0.15, 0.2) is 0 Å². The lowest BCUT2D eigenvalue weighted by molar-refractivity contribution is -0.125. The number of hydrogen-bond donors (Lipinski definition) is 3. The second kappa shape index (κ2) is 7.53. The van der Waals surface area contributed by atoms with Crippen molar-refractivity contribution in [3.8, 4) is 0 Å². The monoisotopic (exact) mass is 263 g/mol. The van der Waals surface area contributed by atoms with E-state index in [0.29, 0.717) is 13.0 Å². The third-order valence-electron chi connectivity index (χ3n) is 3.04. The van der Waals surface area contributed by atoms with Gasteiger partial charge in [-0.2, -0.15) is 0 Å². The van der Waals surface area contributed by atoms with Gasteiger partial charge in [0.1, 0.15) is 0 Å². The van der Waals surface area contributed by atoms with Gasteiger partial charge in [-0.25, -0.2) is 0 Å². The molecular formula is C14H21N3O2. The highest BCUT2D eigenvalue weighted by Crippen LogP contribution is 2.18. The summed E-state index contributed by atoms with van der Waals surface area (Å²) in [6.07, 6.45) is 0.827. The fourth-order valence-electron chi connectivity index (χ4n) is 1.76. The average Bonchev–Trinajstić information content (AvgIpc) is 2.42. The number of carbonyl (C=O) groups is 2. The minimum Gasteiger partial charge on any atom is -0.370 e.